The fourth-order valence-electron chi connectivity index (χ4n) is 3.68. The first-order valence-electron chi connectivity index (χ1n) is 7.70. The van der Waals surface area contributed by atoms with Gasteiger partial charge in [0.15, 0.2) is 0 Å². The summed E-state index contributed by atoms with van der Waals surface area (Å²) in [5.41, 5.74) is -1.09. The van der Waals surface area contributed by atoms with Crippen LogP contribution in [0.4, 0.5) is 9.59 Å². The Labute approximate surface area is 132 Å². The number of carbonyl (C=O) groups is 2. The molecule has 1 aliphatic carbocycles. The lowest BCUT2D eigenvalue weighted by molar-refractivity contribution is -0.247. The van der Waals surface area contributed by atoms with Crippen molar-refractivity contribution in [1.29, 1.82) is 0 Å². The predicted molar refractivity (Wildman–Crippen MR) is 80.3 cm³/mol. The van der Waals surface area contributed by atoms with Gasteiger partial charge in [-0.2, -0.15) is 9.68 Å². The molecule has 6 nitrogen and oxygen atoms in total. The second-order valence-corrected chi connectivity index (χ2v) is 8.09. The van der Waals surface area contributed by atoms with Crippen LogP contribution in [0.15, 0.2) is 0 Å². The third-order valence-corrected chi connectivity index (χ3v) is 4.62. The molecule has 1 saturated carbocycles. The average Bonchev–Trinajstić information content (AvgIpc) is 2.34. The van der Waals surface area contributed by atoms with E-state index < -0.39 is 17.9 Å². The molecule has 6 heteroatoms. The molecule has 1 N–H and O–H groups in total. The number of carbonyl (C=O) groups excluding carboxylic acids is 1. The molecule has 0 aliphatic heterocycles. The summed E-state index contributed by atoms with van der Waals surface area (Å²) in [5.74, 6) is 0.145. The van der Waals surface area contributed by atoms with Crippen molar-refractivity contribution in [1.82, 2.24) is 0 Å². The Bertz CT molecular complexity index is 417. The van der Waals surface area contributed by atoms with Crippen LogP contribution in [-0.4, -0.2) is 23.0 Å². The molecule has 22 heavy (non-hydrogen) atoms. The Balaban J connectivity index is 3.08. The van der Waals surface area contributed by atoms with Crippen LogP contribution in [0.5, 0.6) is 0 Å². The van der Waals surface area contributed by atoms with Gasteiger partial charge in [-0.3, -0.25) is 0 Å². The van der Waals surface area contributed by atoms with Crippen LogP contribution >= 0.6 is 0 Å². The Morgan fingerprint density at radius 3 is 2.09 bits per heavy atom. The first-order chi connectivity index (χ1) is 9.90. The van der Waals surface area contributed by atoms with Gasteiger partial charge >= 0.3 is 12.3 Å². The topological polar surface area (TPSA) is 82.1 Å². The fourth-order valence-corrected chi connectivity index (χ4v) is 3.68. The summed E-state index contributed by atoms with van der Waals surface area (Å²) >= 11 is 0. The third-order valence-electron chi connectivity index (χ3n) is 4.62. The van der Waals surface area contributed by atoms with Crippen LogP contribution in [-0.2, 0) is 14.5 Å². The summed E-state index contributed by atoms with van der Waals surface area (Å²) in [6, 6.07) is 0. The lowest BCUT2D eigenvalue weighted by Gasteiger charge is -2.55. The van der Waals surface area contributed by atoms with E-state index in [9.17, 15) is 9.59 Å². The second kappa shape index (κ2) is 6.34. The molecule has 0 spiro atoms. The van der Waals surface area contributed by atoms with Crippen molar-refractivity contribution in [3.8, 4) is 0 Å². The molecule has 0 aromatic carbocycles. The Hall–Kier alpha value is -1.46. The minimum Gasteiger partial charge on any atom is -0.447 e. The molecular weight excluding hydrogens is 288 g/mol. The highest BCUT2D eigenvalue weighted by Gasteiger charge is 2.56. The van der Waals surface area contributed by atoms with Gasteiger partial charge < -0.3 is 9.84 Å². The van der Waals surface area contributed by atoms with E-state index in [2.05, 4.69) is 30.5 Å². The molecule has 128 valence electrons. The lowest BCUT2D eigenvalue weighted by Crippen LogP contribution is -2.57. The second-order valence-electron chi connectivity index (χ2n) is 8.09. The van der Waals surface area contributed by atoms with Gasteiger partial charge in [0.05, 0.1) is 0 Å². The van der Waals surface area contributed by atoms with Crippen LogP contribution in [0.25, 0.3) is 0 Å². The van der Waals surface area contributed by atoms with E-state index in [1.54, 1.807) is 0 Å². The summed E-state index contributed by atoms with van der Waals surface area (Å²) in [6.45, 7) is 12.5. The zero-order chi connectivity index (χ0) is 17.2. The van der Waals surface area contributed by atoms with Gasteiger partial charge in [0.25, 0.3) is 0 Å². The summed E-state index contributed by atoms with van der Waals surface area (Å²) in [7, 11) is 0. The number of rotatable bonds is 1. The third kappa shape index (κ3) is 4.05. The molecule has 0 aromatic rings. The smallest absolute Gasteiger partial charge is 0.447 e. The van der Waals surface area contributed by atoms with Crippen LogP contribution in [0, 0.1) is 16.7 Å². The van der Waals surface area contributed by atoms with Gasteiger partial charge in [0.2, 0.25) is 0 Å². The predicted octanol–water partition coefficient (Wildman–Crippen LogP) is 4.77. The Morgan fingerprint density at radius 2 is 1.64 bits per heavy atom. The van der Waals surface area contributed by atoms with Crippen molar-refractivity contribution >= 4 is 12.3 Å². The van der Waals surface area contributed by atoms with E-state index in [1.807, 2.05) is 20.8 Å². The zero-order valence-corrected chi connectivity index (χ0v) is 14.4. The summed E-state index contributed by atoms with van der Waals surface area (Å²) in [6.07, 6.45) is 0.932. The largest absolute Gasteiger partial charge is 0.550 e. The molecular formula is C16H28O6. The number of hydrogen-bond donors (Lipinski definition) is 1. The van der Waals surface area contributed by atoms with E-state index in [1.165, 1.54) is 0 Å². The maximum absolute atomic E-state index is 11.9. The van der Waals surface area contributed by atoms with Crippen molar-refractivity contribution in [2.75, 3.05) is 0 Å². The van der Waals surface area contributed by atoms with E-state index in [-0.39, 0.29) is 16.7 Å². The molecule has 2 unspecified atom stereocenters. The highest BCUT2D eigenvalue weighted by Crippen LogP contribution is 2.54. The highest BCUT2D eigenvalue weighted by atomic mass is 17.3. The van der Waals surface area contributed by atoms with Crippen LogP contribution < -0.4 is 0 Å². The summed E-state index contributed by atoms with van der Waals surface area (Å²) in [4.78, 5) is 30.3. The van der Waals surface area contributed by atoms with Crippen molar-refractivity contribution in [3.05, 3.63) is 0 Å². The first kappa shape index (κ1) is 18.6. The van der Waals surface area contributed by atoms with Crippen LogP contribution in [0.3, 0.4) is 0 Å². The molecule has 0 radical (unpaired) electrons. The molecule has 0 bridgehead atoms. The SMILES string of the molecule is CC(C)(C)C1CCCCC1(OC(=O)OOC(=O)O)C(C)(C)C. The minimum absolute atomic E-state index is 0.0539. The Kier molecular flexibility index (Phi) is 5.36. The van der Waals surface area contributed by atoms with Gasteiger partial charge in [-0.25, -0.2) is 9.68 Å². The standard InChI is InChI=1S/C16H28O6/c1-14(2,3)11-9-7-8-10-16(11,15(4,5)6)20-13(19)22-21-12(17)18/h11H,7-10H2,1-6H3,(H,17,18). The van der Waals surface area contributed by atoms with E-state index >= 15 is 0 Å². The fraction of sp³-hybridized carbons (Fsp3) is 0.875. The van der Waals surface area contributed by atoms with Gasteiger partial charge in [-0.15, -0.1) is 0 Å². The molecule has 2 atom stereocenters. The van der Waals surface area contributed by atoms with Gasteiger partial charge in [-0.05, 0) is 24.7 Å². The average molecular weight is 316 g/mol. The molecule has 1 aliphatic rings. The van der Waals surface area contributed by atoms with E-state index in [0.29, 0.717) is 0 Å². The number of carboxylic acid groups (broad SMARTS) is 1. The minimum atomic E-state index is -1.68. The summed E-state index contributed by atoms with van der Waals surface area (Å²) < 4.78 is 5.68. The Morgan fingerprint density at radius 1 is 1.05 bits per heavy atom. The van der Waals surface area contributed by atoms with Crippen molar-refractivity contribution in [3.63, 3.8) is 0 Å². The first-order valence-corrected chi connectivity index (χ1v) is 7.70. The lowest BCUT2D eigenvalue weighted by atomic mass is 9.55. The molecule has 0 aromatic heterocycles. The maximum Gasteiger partial charge on any atom is 0.550 e. The highest BCUT2D eigenvalue weighted by molar-refractivity contribution is 5.63. The van der Waals surface area contributed by atoms with Crippen LogP contribution in [0.1, 0.15) is 67.2 Å². The van der Waals surface area contributed by atoms with E-state index in [0.717, 1.165) is 25.7 Å². The monoisotopic (exact) mass is 316 g/mol. The van der Waals surface area contributed by atoms with Crippen molar-refractivity contribution < 1.29 is 29.2 Å². The van der Waals surface area contributed by atoms with Gasteiger partial charge in [0.1, 0.15) is 5.60 Å². The van der Waals surface area contributed by atoms with E-state index in [4.69, 9.17) is 9.84 Å². The number of ether oxygens (including phenoxy) is 1. The molecule has 1 fully saturated rings. The van der Waals surface area contributed by atoms with Crippen molar-refractivity contribution in [2.24, 2.45) is 16.7 Å². The quantitative estimate of drug-likeness (QED) is 0.426. The maximum atomic E-state index is 11.9. The molecule has 0 amide bonds. The van der Waals surface area contributed by atoms with Crippen LogP contribution in [0.2, 0.25) is 0 Å². The summed E-state index contributed by atoms with van der Waals surface area (Å²) in [5, 5.41) is 8.42. The molecule has 0 saturated heterocycles. The van der Waals surface area contributed by atoms with Gasteiger partial charge in [0, 0.05) is 11.3 Å². The zero-order valence-electron chi connectivity index (χ0n) is 14.4. The normalized spacial score (nSPS) is 26.2. The van der Waals surface area contributed by atoms with Crippen molar-refractivity contribution in [2.45, 2.75) is 72.8 Å². The molecule has 1 rings (SSSR count). The van der Waals surface area contributed by atoms with Gasteiger partial charge in [-0.1, -0.05) is 48.0 Å². The number of hydrogen-bond acceptors (Lipinski definition) is 5. The molecule has 0 heterocycles.